The zero-order chi connectivity index (χ0) is 10.1. The fourth-order valence-corrected chi connectivity index (χ4v) is 1.54. The molecule has 2 rings (SSSR count). The van der Waals surface area contributed by atoms with Crippen LogP contribution in [0.15, 0.2) is 29.1 Å². The van der Waals surface area contributed by atoms with E-state index in [0.717, 1.165) is 10.2 Å². The van der Waals surface area contributed by atoms with Gasteiger partial charge >= 0.3 is 0 Å². The molecule has 14 heavy (non-hydrogen) atoms. The minimum Gasteiger partial charge on any atom is -0.382 e. The first-order chi connectivity index (χ1) is 6.68. The van der Waals surface area contributed by atoms with Crippen molar-refractivity contribution < 1.29 is 0 Å². The summed E-state index contributed by atoms with van der Waals surface area (Å²) >= 11 is 9.09. The Hall–Kier alpha value is -1.07. The molecule has 0 saturated carbocycles. The van der Waals surface area contributed by atoms with E-state index in [1.54, 1.807) is 12.4 Å². The maximum atomic E-state index is 5.78. The van der Waals surface area contributed by atoms with E-state index in [1.807, 2.05) is 6.07 Å². The predicted octanol–water partition coefficient (Wildman–Crippen LogP) is 2.27. The average molecular weight is 274 g/mol. The number of aromatic nitrogens is 3. The number of anilines is 1. The molecule has 0 fully saturated rings. The maximum absolute atomic E-state index is 5.78. The highest BCUT2D eigenvalue weighted by Crippen LogP contribution is 2.22. The molecule has 2 heterocycles. The van der Waals surface area contributed by atoms with Crippen LogP contribution in [0.4, 0.5) is 5.82 Å². The lowest BCUT2D eigenvalue weighted by Crippen LogP contribution is -2.02. The largest absolute Gasteiger partial charge is 0.382 e. The van der Waals surface area contributed by atoms with Gasteiger partial charge in [0, 0.05) is 10.7 Å². The summed E-state index contributed by atoms with van der Waals surface area (Å²) in [6.45, 7) is 0. The molecule has 0 aliphatic carbocycles. The van der Waals surface area contributed by atoms with Crippen LogP contribution in [0.1, 0.15) is 0 Å². The highest BCUT2D eigenvalue weighted by atomic mass is 79.9. The Balaban J connectivity index is 2.55. The van der Waals surface area contributed by atoms with Crippen molar-refractivity contribution in [1.82, 2.24) is 14.8 Å². The van der Waals surface area contributed by atoms with Crippen molar-refractivity contribution in [2.45, 2.75) is 0 Å². The van der Waals surface area contributed by atoms with Gasteiger partial charge in [0.1, 0.15) is 10.8 Å². The van der Waals surface area contributed by atoms with E-state index in [9.17, 15) is 0 Å². The first kappa shape index (κ1) is 9.48. The third kappa shape index (κ3) is 1.60. The lowest BCUT2D eigenvalue weighted by atomic mass is 10.4. The van der Waals surface area contributed by atoms with Crippen LogP contribution in [-0.4, -0.2) is 14.8 Å². The Labute approximate surface area is 93.8 Å². The fourth-order valence-electron chi connectivity index (χ4n) is 1.06. The Morgan fingerprint density at radius 2 is 2.14 bits per heavy atom. The van der Waals surface area contributed by atoms with Gasteiger partial charge in [0.25, 0.3) is 0 Å². The number of nitrogens with two attached hydrogens (primary N) is 1. The van der Waals surface area contributed by atoms with E-state index < -0.39 is 0 Å². The zero-order valence-corrected chi connectivity index (χ0v) is 9.33. The summed E-state index contributed by atoms with van der Waals surface area (Å²) in [6.07, 6.45) is 4.84. The van der Waals surface area contributed by atoms with Crippen LogP contribution in [0.2, 0.25) is 5.02 Å². The predicted molar refractivity (Wildman–Crippen MR) is 58.5 cm³/mol. The van der Waals surface area contributed by atoms with E-state index in [0.29, 0.717) is 10.8 Å². The molecule has 0 aromatic carbocycles. The van der Waals surface area contributed by atoms with Crippen LogP contribution < -0.4 is 5.73 Å². The second kappa shape index (κ2) is 3.59. The van der Waals surface area contributed by atoms with Crippen molar-refractivity contribution in [2.24, 2.45) is 0 Å². The van der Waals surface area contributed by atoms with Crippen LogP contribution in [0.25, 0.3) is 5.69 Å². The van der Waals surface area contributed by atoms with Crippen LogP contribution in [0.5, 0.6) is 0 Å². The molecule has 0 aliphatic heterocycles. The van der Waals surface area contributed by atoms with Crippen LogP contribution >= 0.6 is 27.5 Å². The van der Waals surface area contributed by atoms with Gasteiger partial charge in [-0.05, 0) is 22.0 Å². The molecule has 0 atom stereocenters. The maximum Gasteiger partial charge on any atom is 0.146 e. The van der Waals surface area contributed by atoms with Gasteiger partial charge in [-0.25, -0.2) is 4.68 Å². The van der Waals surface area contributed by atoms with Crippen molar-refractivity contribution >= 4 is 33.3 Å². The molecule has 0 spiro atoms. The molecule has 0 unspecified atom stereocenters. The number of hydrogen-bond donors (Lipinski definition) is 1. The third-order valence-corrected chi connectivity index (χ3v) is 2.42. The summed E-state index contributed by atoms with van der Waals surface area (Å²) in [5.74, 6) is 0.409. The second-order valence-electron chi connectivity index (χ2n) is 2.65. The standard InChI is InChI=1S/C8H6BrClN4/c9-5-1-6(3-12-2-5)14-8(11)7(10)4-13-14/h1-4H,11H2. The van der Waals surface area contributed by atoms with E-state index >= 15 is 0 Å². The zero-order valence-electron chi connectivity index (χ0n) is 6.98. The number of nitrogens with zero attached hydrogens (tertiary/aromatic N) is 3. The summed E-state index contributed by atoms with van der Waals surface area (Å²) in [7, 11) is 0. The summed E-state index contributed by atoms with van der Waals surface area (Å²) in [5.41, 5.74) is 6.48. The van der Waals surface area contributed by atoms with Gasteiger partial charge in [0.15, 0.2) is 0 Å². The number of rotatable bonds is 1. The molecule has 0 saturated heterocycles. The van der Waals surface area contributed by atoms with E-state index in [1.165, 1.54) is 10.9 Å². The van der Waals surface area contributed by atoms with Crippen LogP contribution in [-0.2, 0) is 0 Å². The molecule has 6 heteroatoms. The summed E-state index contributed by atoms with van der Waals surface area (Å²) in [5, 5.41) is 4.46. The smallest absolute Gasteiger partial charge is 0.146 e. The van der Waals surface area contributed by atoms with Gasteiger partial charge in [-0.3, -0.25) is 4.98 Å². The molecule has 0 amide bonds. The van der Waals surface area contributed by atoms with Gasteiger partial charge in [-0.15, -0.1) is 0 Å². The summed E-state index contributed by atoms with van der Waals surface area (Å²) in [4.78, 5) is 4.00. The van der Waals surface area contributed by atoms with Crippen LogP contribution in [0.3, 0.4) is 0 Å². The molecule has 0 aliphatic rings. The lowest BCUT2D eigenvalue weighted by Gasteiger charge is -2.03. The molecule has 0 radical (unpaired) electrons. The Bertz CT molecular complexity index is 468. The summed E-state index contributed by atoms with van der Waals surface area (Å²) < 4.78 is 2.39. The Morgan fingerprint density at radius 3 is 2.71 bits per heavy atom. The van der Waals surface area contributed by atoms with Gasteiger partial charge in [0.05, 0.1) is 18.1 Å². The van der Waals surface area contributed by atoms with Crippen LogP contribution in [0, 0.1) is 0 Å². The SMILES string of the molecule is Nc1c(Cl)cnn1-c1cncc(Br)c1. The Kier molecular flexibility index (Phi) is 2.43. The minimum absolute atomic E-state index is 0.409. The van der Waals surface area contributed by atoms with E-state index in [4.69, 9.17) is 17.3 Å². The lowest BCUT2D eigenvalue weighted by molar-refractivity contribution is 0.883. The monoisotopic (exact) mass is 272 g/mol. The number of pyridine rings is 1. The van der Waals surface area contributed by atoms with Crippen molar-refractivity contribution in [1.29, 1.82) is 0 Å². The van der Waals surface area contributed by atoms with E-state index in [-0.39, 0.29) is 0 Å². The van der Waals surface area contributed by atoms with E-state index in [2.05, 4.69) is 26.0 Å². The van der Waals surface area contributed by atoms with Crippen molar-refractivity contribution in [3.05, 3.63) is 34.2 Å². The normalized spacial score (nSPS) is 10.4. The van der Waals surface area contributed by atoms with Crippen molar-refractivity contribution in [3.63, 3.8) is 0 Å². The quantitative estimate of drug-likeness (QED) is 0.867. The first-order valence-corrected chi connectivity index (χ1v) is 4.95. The van der Waals surface area contributed by atoms with Gasteiger partial charge in [0.2, 0.25) is 0 Å². The summed E-state index contributed by atoms with van der Waals surface area (Å²) in [6, 6.07) is 1.85. The topological polar surface area (TPSA) is 56.7 Å². The van der Waals surface area contributed by atoms with Gasteiger partial charge in [-0.2, -0.15) is 5.10 Å². The number of nitrogen functional groups attached to an aromatic ring is 1. The molecule has 2 N–H and O–H groups in total. The Morgan fingerprint density at radius 1 is 1.36 bits per heavy atom. The molecular formula is C8H6BrClN4. The van der Waals surface area contributed by atoms with Gasteiger partial charge < -0.3 is 5.73 Å². The van der Waals surface area contributed by atoms with Crippen molar-refractivity contribution in [3.8, 4) is 5.69 Å². The molecule has 2 aromatic rings. The number of hydrogen-bond acceptors (Lipinski definition) is 3. The molecule has 2 aromatic heterocycles. The highest BCUT2D eigenvalue weighted by molar-refractivity contribution is 9.10. The highest BCUT2D eigenvalue weighted by Gasteiger charge is 2.06. The van der Waals surface area contributed by atoms with Gasteiger partial charge in [-0.1, -0.05) is 11.6 Å². The number of halogens is 2. The first-order valence-electron chi connectivity index (χ1n) is 3.78. The minimum atomic E-state index is 0.409. The molecule has 4 nitrogen and oxygen atoms in total. The molecule has 0 bridgehead atoms. The molecular weight excluding hydrogens is 267 g/mol. The fraction of sp³-hybridized carbons (Fsp3) is 0. The van der Waals surface area contributed by atoms with Crippen molar-refractivity contribution in [2.75, 3.05) is 5.73 Å². The average Bonchev–Trinajstić information content (AvgIpc) is 2.48. The second-order valence-corrected chi connectivity index (χ2v) is 3.97. The molecule has 72 valence electrons. The third-order valence-electron chi connectivity index (χ3n) is 1.69.